The molecule has 0 amide bonds. The maximum atomic E-state index is 11.9. The lowest BCUT2D eigenvalue weighted by atomic mass is 10.1. The van der Waals surface area contributed by atoms with Crippen LogP contribution in [0, 0.1) is 0 Å². The van der Waals surface area contributed by atoms with E-state index in [9.17, 15) is 9.90 Å². The third-order valence-corrected chi connectivity index (χ3v) is 4.27. The van der Waals surface area contributed by atoms with Crippen LogP contribution in [0.25, 0.3) is 0 Å². The standard InChI is InChI=1S/C15H27N3O2S/c1-5-7-18(8-6-2)9-10-21-15-16-13(19)12(11(3)4)14(20)17-15/h11H,5-10H2,1-4H3,(H2,16,17,19,20)/p+1. The molecule has 0 saturated heterocycles. The molecule has 0 spiro atoms. The second-order valence-electron chi connectivity index (χ2n) is 5.61. The van der Waals surface area contributed by atoms with Gasteiger partial charge in [-0.15, -0.1) is 0 Å². The van der Waals surface area contributed by atoms with Crippen molar-refractivity contribution in [1.82, 2.24) is 9.97 Å². The number of thioether (sulfide) groups is 1. The maximum absolute atomic E-state index is 11.9. The van der Waals surface area contributed by atoms with Gasteiger partial charge in [0, 0.05) is 0 Å². The summed E-state index contributed by atoms with van der Waals surface area (Å²) in [5.74, 6) is 0.718. The summed E-state index contributed by atoms with van der Waals surface area (Å²) in [5, 5.41) is 10.4. The molecule has 1 rings (SSSR count). The van der Waals surface area contributed by atoms with Crippen molar-refractivity contribution in [2.75, 3.05) is 25.4 Å². The average molecular weight is 314 g/mol. The van der Waals surface area contributed by atoms with E-state index in [4.69, 9.17) is 0 Å². The van der Waals surface area contributed by atoms with Crippen molar-refractivity contribution in [3.8, 4) is 5.88 Å². The van der Waals surface area contributed by atoms with E-state index in [0.29, 0.717) is 10.7 Å². The van der Waals surface area contributed by atoms with Gasteiger partial charge in [-0.2, -0.15) is 4.98 Å². The van der Waals surface area contributed by atoms with Crippen LogP contribution >= 0.6 is 11.8 Å². The molecule has 0 aliphatic heterocycles. The molecule has 0 atom stereocenters. The first-order valence-electron chi connectivity index (χ1n) is 7.79. The Kier molecular flexibility index (Phi) is 7.82. The van der Waals surface area contributed by atoms with Gasteiger partial charge in [-0.1, -0.05) is 39.5 Å². The maximum Gasteiger partial charge on any atom is 0.258 e. The molecule has 6 heteroatoms. The third-order valence-electron chi connectivity index (χ3n) is 3.39. The van der Waals surface area contributed by atoms with E-state index in [2.05, 4.69) is 23.8 Å². The molecule has 5 nitrogen and oxygen atoms in total. The Balaban J connectivity index is 2.62. The third kappa shape index (κ3) is 5.71. The highest BCUT2D eigenvalue weighted by Gasteiger charge is 2.14. The van der Waals surface area contributed by atoms with Gasteiger partial charge in [0.15, 0.2) is 5.16 Å². The first-order chi connectivity index (χ1) is 9.99. The number of nitrogens with zero attached hydrogens (tertiary/aromatic N) is 1. The van der Waals surface area contributed by atoms with Crippen LogP contribution in [0.2, 0.25) is 0 Å². The number of H-pyrrole nitrogens is 1. The zero-order valence-electron chi connectivity index (χ0n) is 13.5. The Morgan fingerprint density at radius 1 is 1.24 bits per heavy atom. The summed E-state index contributed by atoms with van der Waals surface area (Å²) in [6.45, 7) is 11.5. The first kappa shape index (κ1) is 18.0. The minimum atomic E-state index is -0.230. The van der Waals surface area contributed by atoms with E-state index in [1.54, 1.807) is 4.90 Å². The second kappa shape index (κ2) is 9.10. The van der Waals surface area contributed by atoms with Crippen molar-refractivity contribution in [3.63, 3.8) is 0 Å². The molecule has 120 valence electrons. The Labute approximate surface area is 131 Å². The summed E-state index contributed by atoms with van der Waals surface area (Å²) >= 11 is 1.50. The fourth-order valence-corrected chi connectivity index (χ4v) is 3.31. The molecule has 0 radical (unpaired) electrons. The molecular weight excluding hydrogens is 286 g/mol. The normalized spacial score (nSPS) is 11.5. The van der Waals surface area contributed by atoms with Crippen LogP contribution in [0.3, 0.4) is 0 Å². The lowest BCUT2D eigenvalue weighted by Gasteiger charge is -2.17. The lowest BCUT2D eigenvalue weighted by molar-refractivity contribution is -0.897. The molecule has 1 heterocycles. The SMILES string of the molecule is CCC[NH+](CCC)CCSc1nc(O)c(C(C)C)c(=O)[nH]1. The number of nitrogens with one attached hydrogen (secondary N) is 2. The predicted octanol–water partition coefficient (Wildman–Crippen LogP) is 1.40. The quantitative estimate of drug-likeness (QED) is 0.476. The molecule has 0 aromatic carbocycles. The summed E-state index contributed by atoms with van der Waals surface area (Å²) in [6.07, 6.45) is 2.36. The van der Waals surface area contributed by atoms with Gasteiger partial charge in [-0.25, -0.2) is 0 Å². The Morgan fingerprint density at radius 2 is 1.86 bits per heavy atom. The molecule has 3 N–H and O–H groups in total. The largest absolute Gasteiger partial charge is 0.493 e. The van der Waals surface area contributed by atoms with Crippen LogP contribution in [0.4, 0.5) is 0 Å². The van der Waals surface area contributed by atoms with Gasteiger partial charge in [0.1, 0.15) is 0 Å². The van der Waals surface area contributed by atoms with E-state index >= 15 is 0 Å². The number of quaternary nitrogens is 1. The second-order valence-corrected chi connectivity index (χ2v) is 6.70. The summed E-state index contributed by atoms with van der Waals surface area (Å²) in [5.41, 5.74) is 0.134. The summed E-state index contributed by atoms with van der Waals surface area (Å²) in [7, 11) is 0. The van der Waals surface area contributed by atoms with Crippen molar-refractivity contribution < 1.29 is 10.0 Å². The van der Waals surface area contributed by atoms with Crippen LogP contribution in [-0.2, 0) is 0 Å². The molecule has 0 saturated carbocycles. The van der Waals surface area contributed by atoms with E-state index in [0.717, 1.165) is 12.3 Å². The number of rotatable bonds is 9. The van der Waals surface area contributed by atoms with Gasteiger partial charge in [-0.3, -0.25) is 4.79 Å². The fraction of sp³-hybridized carbons (Fsp3) is 0.733. The van der Waals surface area contributed by atoms with E-state index in [1.165, 1.54) is 37.7 Å². The predicted molar refractivity (Wildman–Crippen MR) is 87.5 cm³/mol. The van der Waals surface area contributed by atoms with Gasteiger partial charge in [0.2, 0.25) is 5.88 Å². The minimum absolute atomic E-state index is 0.0330. The number of aromatic hydroxyl groups is 1. The average Bonchev–Trinajstić information content (AvgIpc) is 2.37. The Bertz CT molecular complexity index is 482. The highest BCUT2D eigenvalue weighted by atomic mass is 32.2. The van der Waals surface area contributed by atoms with Crippen molar-refractivity contribution >= 4 is 11.8 Å². The van der Waals surface area contributed by atoms with Crippen molar-refractivity contribution in [2.45, 2.75) is 51.6 Å². The molecule has 0 unspecified atom stereocenters. The van der Waals surface area contributed by atoms with E-state index in [1.807, 2.05) is 13.8 Å². The molecule has 1 aromatic heterocycles. The molecule has 0 aliphatic rings. The Morgan fingerprint density at radius 3 is 2.33 bits per heavy atom. The van der Waals surface area contributed by atoms with Crippen LogP contribution in [0.5, 0.6) is 5.88 Å². The minimum Gasteiger partial charge on any atom is -0.493 e. The number of hydrogen-bond donors (Lipinski definition) is 3. The van der Waals surface area contributed by atoms with Crippen molar-refractivity contribution in [3.05, 3.63) is 15.9 Å². The molecule has 0 bridgehead atoms. The monoisotopic (exact) mass is 314 g/mol. The van der Waals surface area contributed by atoms with E-state index < -0.39 is 0 Å². The number of aromatic amines is 1. The van der Waals surface area contributed by atoms with Gasteiger partial charge in [0.05, 0.1) is 31.0 Å². The van der Waals surface area contributed by atoms with Gasteiger partial charge >= 0.3 is 0 Å². The van der Waals surface area contributed by atoms with Crippen LogP contribution < -0.4 is 10.5 Å². The highest BCUT2D eigenvalue weighted by molar-refractivity contribution is 7.99. The molecule has 0 aliphatic carbocycles. The lowest BCUT2D eigenvalue weighted by Crippen LogP contribution is -3.12. The van der Waals surface area contributed by atoms with Crippen LogP contribution in [0.1, 0.15) is 52.0 Å². The molecule has 1 aromatic rings. The van der Waals surface area contributed by atoms with Gasteiger partial charge in [0.25, 0.3) is 5.56 Å². The zero-order valence-corrected chi connectivity index (χ0v) is 14.3. The van der Waals surface area contributed by atoms with Crippen molar-refractivity contribution in [2.24, 2.45) is 0 Å². The summed E-state index contributed by atoms with van der Waals surface area (Å²) in [6, 6.07) is 0. The molecule has 0 fully saturated rings. The topological polar surface area (TPSA) is 70.4 Å². The molecular formula is C15H28N3O2S+. The van der Waals surface area contributed by atoms with Crippen molar-refractivity contribution in [1.29, 1.82) is 0 Å². The first-order valence-corrected chi connectivity index (χ1v) is 8.77. The highest BCUT2D eigenvalue weighted by Crippen LogP contribution is 2.21. The summed E-state index contributed by atoms with van der Waals surface area (Å²) < 4.78 is 0. The Hall–Kier alpha value is -1.01. The summed E-state index contributed by atoms with van der Waals surface area (Å²) in [4.78, 5) is 20.4. The number of aromatic nitrogens is 2. The smallest absolute Gasteiger partial charge is 0.258 e. The van der Waals surface area contributed by atoms with Crippen LogP contribution in [0.15, 0.2) is 9.95 Å². The van der Waals surface area contributed by atoms with Gasteiger partial charge < -0.3 is 15.0 Å². The van der Waals surface area contributed by atoms with Crippen LogP contribution in [-0.4, -0.2) is 40.5 Å². The fourth-order valence-electron chi connectivity index (χ4n) is 2.41. The zero-order chi connectivity index (χ0) is 15.8. The van der Waals surface area contributed by atoms with Gasteiger partial charge in [-0.05, 0) is 18.8 Å². The van der Waals surface area contributed by atoms with E-state index in [-0.39, 0.29) is 17.4 Å². The number of hydrogen-bond acceptors (Lipinski definition) is 4. The molecule has 21 heavy (non-hydrogen) atoms.